The lowest BCUT2D eigenvalue weighted by atomic mass is 10.2. The number of benzene rings is 2. The Labute approximate surface area is 214 Å². The van der Waals surface area contributed by atoms with Crippen LogP contribution in [0.1, 0.15) is 24.1 Å². The summed E-state index contributed by atoms with van der Waals surface area (Å²) in [5.74, 6) is -0.623. The normalized spacial score (nSPS) is 16.2. The number of nitrogens with zero attached hydrogens (tertiary/aromatic N) is 4. The number of rotatable bonds is 6. The molecule has 0 radical (unpaired) electrons. The van der Waals surface area contributed by atoms with E-state index >= 15 is 0 Å². The van der Waals surface area contributed by atoms with Crippen LogP contribution in [0, 0.1) is 5.82 Å². The number of aromatic nitrogens is 3. The van der Waals surface area contributed by atoms with E-state index in [1.54, 1.807) is 30.3 Å². The molecule has 38 heavy (non-hydrogen) atoms. The zero-order valence-corrected chi connectivity index (χ0v) is 20.0. The van der Waals surface area contributed by atoms with Crippen molar-refractivity contribution >= 4 is 22.6 Å². The van der Waals surface area contributed by atoms with Gasteiger partial charge in [0.15, 0.2) is 0 Å². The van der Waals surface area contributed by atoms with Crippen molar-refractivity contribution in [2.45, 2.75) is 31.6 Å². The highest BCUT2D eigenvalue weighted by Gasteiger charge is 2.34. The fourth-order valence-electron chi connectivity index (χ4n) is 4.52. The maximum Gasteiger partial charge on any atom is 0.419 e. The molecular formula is C26H23F4N5O3. The highest BCUT2D eigenvalue weighted by molar-refractivity contribution is 5.98. The number of halogens is 4. The number of nitrogens with one attached hydrogen (secondary N) is 1. The van der Waals surface area contributed by atoms with Gasteiger partial charge in [-0.05, 0) is 61.9 Å². The summed E-state index contributed by atoms with van der Waals surface area (Å²) >= 11 is 0. The molecule has 1 aliphatic heterocycles. The SMILES string of the molecule is O=C(Nc1ccc(F)c(C(F)(F)F)c1)n1ccc2cc(Oc3cc(CN4CCC[C@@H]4CO)ncn3)ccc21. The van der Waals surface area contributed by atoms with Crippen LogP contribution in [0.3, 0.4) is 0 Å². The van der Waals surface area contributed by atoms with Gasteiger partial charge in [0.05, 0.1) is 23.4 Å². The minimum atomic E-state index is -4.89. The standard InChI is InChI=1S/C26H23F4N5O3/c27-22-5-3-17(11-21(22)26(28,29)30)33-25(37)35-9-7-16-10-20(4-6-23(16)35)38-24-12-18(31-15-32-24)13-34-8-1-2-19(34)14-36/h3-7,9-12,15,19,36H,1-2,8,13-14H2,(H,33,37)/t19-/m1/s1. The fourth-order valence-corrected chi connectivity index (χ4v) is 4.52. The molecule has 2 N–H and O–H groups in total. The molecule has 1 saturated heterocycles. The summed E-state index contributed by atoms with van der Waals surface area (Å²) in [6.45, 7) is 1.56. The predicted octanol–water partition coefficient (Wildman–Crippen LogP) is 5.42. The van der Waals surface area contributed by atoms with Gasteiger partial charge in [0.1, 0.15) is 17.9 Å². The Hall–Kier alpha value is -4.03. The number of hydrogen-bond acceptors (Lipinski definition) is 6. The highest BCUT2D eigenvalue weighted by atomic mass is 19.4. The first-order valence-electron chi connectivity index (χ1n) is 11.8. The van der Waals surface area contributed by atoms with E-state index in [2.05, 4.69) is 20.2 Å². The molecule has 0 spiro atoms. The van der Waals surface area contributed by atoms with Crippen LogP contribution in [0.25, 0.3) is 10.9 Å². The van der Waals surface area contributed by atoms with Crippen molar-refractivity contribution in [3.8, 4) is 11.6 Å². The Kier molecular flexibility index (Phi) is 7.00. The Morgan fingerprint density at radius 2 is 1.97 bits per heavy atom. The molecule has 8 nitrogen and oxygen atoms in total. The van der Waals surface area contributed by atoms with Crippen molar-refractivity contribution in [3.63, 3.8) is 0 Å². The number of likely N-dealkylation sites (tertiary alicyclic amines) is 1. The van der Waals surface area contributed by atoms with Gasteiger partial charge in [-0.2, -0.15) is 13.2 Å². The van der Waals surface area contributed by atoms with Gasteiger partial charge < -0.3 is 15.2 Å². The summed E-state index contributed by atoms with van der Waals surface area (Å²) < 4.78 is 59.7. The van der Waals surface area contributed by atoms with Crippen molar-refractivity contribution < 1.29 is 32.2 Å². The molecule has 198 valence electrons. The second-order valence-electron chi connectivity index (χ2n) is 8.93. The van der Waals surface area contributed by atoms with Gasteiger partial charge >= 0.3 is 12.2 Å². The summed E-state index contributed by atoms with van der Waals surface area (Å²) in [6, 6.07) is 10.0. The number of aliphatic hydroxyl groups excluding tert-OH is 1. The number of hydrogen-bond donors (Lipinski definition) is 2. The van der Waals surface area contributed by atoms with E-state index in [9.17, 15) is 27.5 Å². The summed E-state index contributed by atoms with van der Waals surface area (Å²) in [7, 11) is 0. The van der Waals surface area contributed by atoms with Crippen molar-refractivity contribution in [2.24, 2.45) is 0 Å². The van der Waals surface area contributed by atoms with Crippen molar-refractivity contribution in [2.75, 3.05) is 18.5 Å². The molecule has 1 fully saturated rings. The van der Waals surface area contributed by atoms with Crippen LogP contribution in [0.5, 0.6) is 11.6 Å². The molecule has 2 aromatic heterocycles. The molecule has 5 rings (SSSR count). The van der Waals surface area contributed by atoms with Gasteiger partial charge in [-0.25, -0.2) is 19.2 Å². The second-order valence-corrected chi connectivity index (χ2v) is 8.93. The first-order chi connectivity index (χ1) is 18.2. The fraction of sp³-hybridized carbons (Fsp3) is 0.269. The number of anilines is 1. The number of carbonyl (C=O) groups is 1. The predicted molar refractivity (Wildman–Crippen MR) is 130 cm³/mol. The van der Waals surface area contributed by atoms with Crippen molar-refractivity contribution in [1.82, 2.24) is 19.4 Å². The number of fused-ring (bicyclic) bond motifs is 1. The zero-order valence-electron chi connectivity index (χ0n) is 20.0. The van der Waals surface area contributed by atoms with Crippen molar-refractivity contribution in [1.29, 1.82) is 0 Å². The number of carbonyl (C=O) groups excluding carboxylic acids is 1. The van der Waals surface area contributed by atoms with Crippen LogP contribution < -0.4 is 10.1 Å². The molecule has 4 aromatic rings. The Bertz CT molecular complexity index is 1470. The van der Waals surface area contributed by atoms with Gasteiger partial charge in [-0.1, -0.05) is 0 Å². The van der Waals surface area contributed by atoms with Gasteiger partial charge in [-0.15, -0.1) is 0 Å². The Balaban J connectivity index is 1.30. The maximum absolute atomic E-state index is 13.6. The van der Waals surface area contributed by atoms with Crippen molar-refractivity contribution in [3.05, 3.63) is 78.1 Å². The maximum atomic E-state index is 13.6. The van der Waals surface area contributed by atoms with Crippen LogP contribution in [0.4, 0.5) is 28.0 Å². The van der Waals surface area contributed by atoms with Crippen LogP contribution >= 0.6 is 0 Å². The summed E-state index contributed by atoms with van der Waals surface area (Å²) in [6.07, 6.45) is -0.0408. The number of ether oxygens (including phenoxy) is 1. The number of amides is 1. The second kappa shape index (κ2) is 10.4. The molecule has 1 amide bonds. The lowest BCUT2D eigenvalue weighted by molar-refractivity contribution is -0.139. The first-order valence-corrected chi connectivity index (χ1v) is 11.8. The molecular weight excluding hydrogens is 506 g/mol. The van der Waals surface area contributed by atoms with Gasteiger partial charge in [-0.3, -0.25) is 9.47 Å². The third-order valence-electron chi connectivity index (χ3n) is 6.40. The Morgan fingerprint density at radius 1 is 1.13 bits per heavy atom. The van der Waals surface area contributed by atoms with E-state index in [0.29, 0.717) is 41.2 Å². The molecule has 2 aromatic carbocycles. The summed E-state index contributed by atoms with van der Waals surface area (Å²) in [5.41, 5.74) is -0.408. The molecule has 3 heterocycles. The Morgan fingerprint density at radius 3 is 2.76 bits per heavy atom. The van der Waals surface area contributed by atoms with Gasteiger partial charge in [0, 0.05) is 35.9 Å². The quantitative estimate of drug-likeness (QED) is 0.324. The van der Waals surface area contributed by atoms with Gasteiger partial charge in [0.25, 0.3) is 0 Å². The van der Waals surface area contributed by atoms with E-state index in [0.717, 1.165) is 31.1 Å². The average molecular weight is 529 g/mol. The zero-order chi connectivity index (χ0) is 26.9. The van der Waals surface area contributed by atoms with Crippen LogP contribution in [0.2, 0.25) is 0 Å². The van der Waals surface area contributed by atoms with E-state index in [4.69, 9.17) is 4.74 Å². The largest absolute Gasteiger partial charge is 0.439 e. The van der Waals surface area contributed by atoms with Crippen LogP contribution in [0.15, 0.2) is 61.1 Å². The first kappa shape index (κ1) is 25.6. The summed E-state index contributed by atoms with van der Waals surface area (Å²) in [4.78, 5) is 23.4. The highest BCUT2D eigenvalue weighted by Crippen LogP contribution is 2.33. The average Bonchev–Trinajstić information content (AvgIpc) is 3.51. The van der Waals surface area contributed by atoms with Gasteiger partial charge in [0.2, 0.25) is 5.88 Å². The molecule has 0 aliphatic carbocycles. The number of alkyl halides is 3. The lowest BCUT2D eigenvalue weighted by Crippen LogP contribution is -2.31. The molecule has 12 heteroatoms. The molecule has 0 saturated carbocycles. The smallest absolute Gasteiger partial charge is 0.419 e. The molecule has 1 aliphatic rings. The third kappa shape index (κ3) is 5.46. The lowest BCUT2D eigenvalue weighted by Gasteiger charge is -2.22. The van der Waals surface area contributed by atoms with E-state index in [-0.39, 0.29) is 18.3 Å². The summed E-state index contributed by atoms with van der Waals surface area (Å²) in [5, 5.41) is 12.5. The monoisotopic (exact) mass is 529 g/mol. The van der Waals surface area contributed by atoms with Crippen LogP contribution in [-0.2, 0) is 12.7 Å². The number of aliphatic hydroxyl groups is 1. The minimum absolute atomic E-state index is 0.102. The van der Waals surface area contributed by atoms with Crippen LogP contribution in [-0.4, -0.2) is 49.8 Å². The molecule has 0 unspecified atom stereocenters. The van der Waals surface area contributed by atoms with E-state index < -0.39 is 23.6 Å². The van der Waals surface area contributed by atoms with E-state index in [1.165, 1.54) is 17.1 Å². The third-order valence-corrected chi connectivity index (χ3v) is 6.40. The molecule has 1 atom stereocenters. The molecule has 0 bridgehead atoms. The topological polar surface area (TPSA) is 92.5 Å². The van der Waals surface area contributed by atoms with E-state index in [1.807, 2.05) is 0 Å². The minimum Gasteiger partial charge on any atom is -0.439 e.